The Morgan fingerprint density at radius 1 is 1.00 bits per heavy atom. The average Bonchev–Trinajstić information content (AvgIpc) is 2.36. The number of carbonyl (C=O) groups is 1. The topological polar surface area (TPSA) is 37.3 Å². The Morgan fingerprint density at radius 2 is 1.55 bits per heavy atom. The van der Waals surface area contributed by atoms with Crippen molar-refractivity contribution in [1.29, 1.82) is 0 Å². The third-order valence-electron chi connectivity index (χ3n) is 2.60. The summed E-state index contributed by atoms with van der Waals surface area (Å²) in [5.74, 6) is -2.27. The third-order valence-corrected chi connectivity index (χ3v) is 4.17. The van der Waals surface area contributed by atoms with Gasteiger partial charge in [0.1, 0.15) is 5.82 Å². The van der Waals surface area contributed by atoms with Crippen LogP contribution in [-0.2, 0) is 0 Å². The van der Waals surface area contributed by atoms with E-state index in [2.05, 4.69) is 0 Å². The van der Waals surface area contributed by atoms with Crippen molar-refractivity contribution in [1.82, 2.24) is 0 Å². The van der Waals surface area contributed by atoms with E-state index < -0.39 is 17.3 Å². The van der Waals surface area contributed by atoms with Crippen LogP contribution in [0, 0.1) is 5.82 Å². The number of rotatable bonds is 2. The molecule has 0 aliphatic carbocycles. The number of carboxylic acids is 1. The van der Waals surface area contributed by atoms with Crippen LogP contribution in [0.15, 0.2) is 24.3 Å². The maximum Gasteiger partial charge on any atom is 0.338 e. The summed E-state index contributed by atoms with van der Waals surface area (Å²) in [5, 5.41) is 9.35. The van der Waals surface area contributed by atoms with Gasteiger partial charge in [0.25, 0.3) is 0 Å². The first kappa shape index (κ1) is 15.4. The van der Waals surface area contributed by atoms with Gasteiger partial charge in [0, 0.05) is 5.56 Å². The van der Waals surface area contributed by atoms with E-state index in [4.69, 9.17) is 51.5 Å². The van der Waals surface area contributed by atoms with E-state index in [1.54, 1.807) is 0 Å². The molecule has 0 radical (unpaired) electrons. The van der Waals surface area contributed by atoms with Crippen molar-refractivity contribution in [3.8, 4) is 11.1 Å². The SMILES string of the molecule is O=C(O)c1ccc(-c2c(Cl)c(Cl)cc(Cl)c2Cl)cc1F. The molecular weight excluding hydrogens is 349 g/mol. The van der Waals surface area contributed by atoms with Gasteiger partial charge in [0.05, 0.1) is 25.7 Å². The minimum Gasteiger partial charge on any atom is -0.478 e. The number of aromatic carboxylic acids is 1. The molecule has 0 aliphatic rings. The zero-order valence-corrected chi connectivity index (χ0v) is 12.6. The molecule has 0 aromatic heterocycles. The zero-order chi connectivity index (χ0) is 15.0. The van der Waals surface area contributed by atoms with Crippen LogP contribution >= 0.6 is 46.4 Å². The quantitative estimate of drug-likeness (QED) is 0.692. The Morgan fingerprint density at radius 3 is 2.00 bits per heavy atom. The summed E-state index contributed by atoms with van der Waals surface area (Å²) >= 11 is 23.9. The van der Waals surface area contributed by atoms with Crippen molar-refractivity contribution >= 4 is 52.4 Å². The van der Waals surface area contributed by atoms with Crippen LogP contribution in [0.25, 0.3) is 11.1 Å². The molecule has 0 saturated heterocycles. The first-order valence-corrected chi connectivity index (χ1v) is 6.70. The second-order valence-electron chi connectivity index (χ2n) is 3.84. The van der Waals surface area contributed by atoms with Gasteiger partial charge in [-0.2, -0.15) is 0 Å². The van der Waals surface area contributed by atoms with E-state index in [9.17, 15) is 9.18 Å². The molecule has 2 aromatic carbocycles. The molecule has 104 valence electrons. The first-order chi connectivity index (χ1) is 9.32. The van der Waals surface area contributed by atoms with Crippen LogP contribution in [-0.4, -0.2) is 11.1 Å². The monoisotopic (exact) mass is 352 g/mol. The van der Waals surface area contributed by atoms with Crippen LogP contribution in [0.2, 0.25) is 20.1 Å². The average molecular weight is 354 g/mol. The molecule has 2 nitrogen and oxygen atoms in total. The lowest BCUT2D eigenvalue weighted by molar-refractivity contribution is 0.0692. The van der Waals surface area contributed by atoms with Gasteiger partial charge in [-0.1, -0.05) is 52.5 Å². The highest BCUT2D eigenvalue weighted by Gasteiger charge is 2.18. The molecule has 0 saturated carbocycles. The summed E-state index contributed by atoms with van der Waals surface area (Å²) in [4.78, 5) is 10.8. The van der Waals surface area contributed by atoms with Gasteiger partial charge in [-0.15, -0.1) is 0 Å². The number of halogens is 5. The highest BCUT2D eigenvalue weighted by molar-refractivity contribution is 6.50. The predicted octanol–water partition coefficient (Wildman–Crippen LogP) is 5.80. The molecule has 20 heavy (non-hydrogen) atoms. The summed E-state index contributed by atoms with van der Waals surface area (Å²) in [6, 6.07) is 4.89. The van der Waals surface area contributed by atoms with Crippen molar-refractivity contribution in [2.24, 2.45) is 0 Å². The van der Waals surface area contributed by atoms with Crippen molar-refractivity contribution in [2.75, 3.05) is 0 Å². The molecule has 0 atom stereocenters. The summed E-state index contributed by atoms with van der Waals surface area (Å²) in [6.45, 7) is 0. The normalized spacial score (nSPS) is 10.7. The van der Waals surface area contributed by atoms with Gasteiger partial charge in [-0.05, 0) is 23.8 Å². The van der Waals surface area contributed by atoms with Crippen LogP contribution < -0.4 is 0 Å². The Balaban J connectivity index is 2.69. The smallest absolute Gasteiger partial charge is 0.338 e. The van der Waals surface area contributed by atoms with E-state index >= 15 is 0 Å². The molecule has 2 aromatic rings. The molecule has 0 amide bonds. The minimum atomic E-state index is -1.37. The molecule has 0 fully saturated rings. The Hall–Kier alpha value is -1.00. The Labute approximate surface area is 133 Å². The standard InChI is InChI=1S/C13H5Cl4FO2/c14-7-4-8(15)12(17)10(11(7)16)5-1-2-6(13(19)20)9(18)3-5/h1-4H,(H,19,20). The van der Waals surface area contributed by atoms with Gasteiger partial charge in [0.15, 0.2) is 0 Å². The van der Waals surface area contributed by atoms with Crippen LogP contribution in [0.1, 0.15) is 10.4 Å². The van der Waals surface area contributed by atoms with Crippen molar-refractivity contribution in [3.05, 3.63) is 55.7 Å². The fraction of sp³-hybridized carbons (Fsp3) is 0. The summed E-state index contributed by atoms with van der Waals surface area (Å²) in [7, 11) is 0. The summed E-state index contributed by atoms with van der Waals surface area (Å²) in [5.41, 5.74) is 0.0858. The van der Waals surface area contributed by atoms with Crippen molar-refractivity contribution < 1.29 is 14.3 Å². The molecule has 0 bridgehead atoms. The number of benzene rings is 2. The lowest BCUT2D eigenvalue weighted by atomic mass is 10.0. The molecule has 1 N–H and O–H groups in total. The van der Waals surface area contributed by atoms with E-state index in [1.807, 2.05) is 0 Å². The molecule has 0 aliphatic heterocycles. The lowest BCUT2D eigenvalue weighted by Gasteiger charge is -2.11. The second-order valence-corrected chi connectivity index (χ2v) is 5.41. The van der Waals surface area contributed by atoms with Gasteiger partial charge >= 0.3 is 5.97 Å². The Bertz CT molecular complexity index is 690. The lowest BCUT2D eigenvalue weighted by Crippen LogP contribution is -2.00. The second kappa shape index (κ2) is 5.78. The van der Waals surface area contributed by atoms with Crippen LogP contribution in [0.4, 0.5) is 4.39 Å². The summed E-state index contributed by atoms with van der Waals surface area (Å²) in [6.07, 6.45) is 0. The maximum atomic E-state index is 13.7. The fourth-order valence-electron chi connectivity index (χ4n) is 1.67. The summed E-state index contributed by atoms with van der Waals surface area (Å²) < 4.78 is 13.7. The number of carboxylic acid groups (broad SMARTS) is 1. The molecule has 0 heterocycles. The maximum absolute atomic E-state index is 13.7. The zero-order valence-electron chi connectivity index (χ0n) is 9.55. The molecule has 0 spiro atoms. The van der Waals surface area contributed by atoms with Crippen LogP contribution in [0.5, 0.6) is 0 Å². The molecule has 2 rings (SSSR count). The Kier molecular flexibility index (Phi) is 4.45. The fourth-order valence-corrected chi connectivity index (χ4v) is 2.70. The number of hydrogen-bond donors (Lipinski definition) is 1. The number of hydrogen-bond acceptors (Lipinski definition) is 1. The van der Waals surface area contributed by atoms with Gasteiger partial charge in [-0.3, -0.25) is 0 Å². The molecular formula is C13H5Cl4FO2. The first-order valence-electron chi connectivity index (χ1n) is 5.19. The van der Waals surface area contributed by atoms with E-state index in [0.29, 0.717) is 0 Å². The minimum absolute atomic E-state index is 0.114. The largest absolute Gasteiger partial charge is 0.478 e. The molecule has 0 unspecified atom stereocenters. The van der Waals surface area contributed by atoms with Crippen molar-refractivity contribution in [3.63, 3.8) is 0 Å². The third kappa shape index (κ3) is 2.72. The van der Waals surface area contributed by atoms with Gasteiger partial charge < -0.3 is 5.11 Å². The van der Waals surface area contributed by atoms with E-state index in [-0.39, 0.29) is 31.2 Å². The predicted molar refractivity (Wildman–Crippen MR) is 78.8 cm³/mol. The molecule has 7 heteroatoms. The van der Waals surface area contributed by atoms with Gasteiger partial charge in [0.2, 0.25) is 0 Å². The van der Waals surface area contributed by atoms with E-state index in [1.165, 1.54) is 12.1 Å². The van der Waals surface area contributed by atoms with Crippen LogP contribution in [0.3, 0.4) is 0 Å². The van der Waals surface area contributed by atoms with E-state index in [0.717, 1.165) is 12.1 Å². The van der Waals surface area contributed by atoms with Gasteiger partial charge in [-0.25, -0.2) is 9.18 Å². The highest BCUT2D eigenvalue weighted by Crippen LogP contribution is 2.43. The van der Waals surface area contributed by atoms with Crippen molar-refractivity contribution in [2.45, 2.75) is 0 Å². The highest BCUT2D eigenvalue weighted by atomic mass is 35.5.